The Hall–Kier alpha value is -2.96. The normalized spacial score (nSPS) is 12.2. The second-order valence-corrected chi connectivity index (χ2v) is 14.8. The van der Waals surface area contributed by atoms with Crippen LogP contribution in [0.3, 0.4) is 0 Å². The Morgan fingerprint density at radius 2 is 1.08 bits per heavy atom. The number of ether oxygens (including phenoxy) is 2. The van der Waals surface area contributed by atoms with Crippen LogP contribution in [0.25, 0.3) is 22.3 Å². The third-order valence-corrected chi connectivity index (χ3v) is 10.9. The van der Waals surface area contributed by atoms with E-state index in [1.165, 1.54) is 14.2 Å². The highest BCUT2D eigenvalue weighted by atomic mass is 79.9. The first-order valence-corrected chi connectivity index (χ1v) is 18.4. The molecule has 4 aromatic heterocycles. The molecule has 0 bridgehead atoms. The number of anilines is 2. The molecule has 0 fully saturated rings. The number of hydrogen-bond donors (Lipinski definition) is 2. The second-order valence-electron chi connectivity index (χ2n) is 9.00. The lowest BCUT2D eigenvalue weighted by atomic mass is 10.4. The van der Waals surface area contributed by atoms with E-state index in [4.69, 9.17) is 55.9 Å². The van der Waals surface area contributed by atoms with Crippen molar-refractivity contribution in [3.63, 3.8) is 0 Å². The molecule has 2 unspecified atom stereocenters. The maximum atomic E-state index is 12.6. The first-order valence-electron chi connectivity index (χ1n) is 13.0. The molecule has 2 N–H and O–H groups in total. The number of nitrogens with one attached hydrogen (secondary N) is 2. The van der Waals surface area contributed by atoms with Crippen LogP contribution in [0.15, 0.2) is 79.7 Å². The van der Waals surface area contributed by atoms with E-state index < -0.39 is 22.0 Å². The highest BCUT2D eigenvalue weighted by Gasteiger charge is 2.18. The maximum absolute atomic E-state index is 12.6. The summed E-state index contributed by atoms with van der Waals surface area (Å²) in [6, 6.07) is 13.3. The van der Waals surface area contributed by atoms with Gasteiger partial charge in [-0.25, -0.2) is 33.3 Å². The minimum atomic E-state index is -1.70. The fraction of sp³-hybridized carbons (Fsp3) is 0.0714. The van der Waals surface area contributed by atoms with Crippen molar-refractivity contribution in [2.75, 3.05) is 23.7 Å². The molecule has 6 aromatic rings. The van der Waals surface area contributed by atoms with Crippen molar-refractivity contribution in [2.24, 2.45) is 0 Å². The number of hydrogen-bond acceptors (Lipinski definition) is 10. The van der Waals surface area contributed by atoms with Gasteiger partial charge in [-0.2, -0.15) is 4.98 Å². The fourth-order valence-electron chi connectivity index (χ4n) is 3.77. The van der Waals surface area contributed by atoms with Gasteiger partial charge >= 0.3 is 0 Å². The van der Waals surface area contributed by atoms with Gasteiger partial charge in [-0.1, -0.05) is 58.5 Å². The molecule has 0 saturated carbocycles. The predicted octanol–water partition coefficient (Wildman–Crippen LogP) is 8.47. The number of benzene rings is 2. The van der Waals surface area contributed by atoms with Crippen LogP contribution in [0.1, 0.15) is 0 Å². The lowest BCUT2D eigenvalue weighted by Gasteiger charge is -2.11. The van der Waals surface area contributed by atoms with E-state index in [1.54, 1.807) is 60.9 Å². The number of nitrogens with zero attached hydrogens (tertiary/aromatic N) is 6. The second kappa shape index (κ2) is 16.2. The van der Waals surface area contributed by atoms with Crippen molar-refractivity contribution in [1.29, 1.82) is 0 Å². The van der Waals surface area contributed by atoms with Crippen LogP contribution in [0.2, 0.25) is 20.1 Å². The van der Waals surface area contributed by atoms with E-state index in [1.807, 2.05) is 0 Å². The number of rotatable bonds is 8. The minimum Gasteiger partial charge on any atom is -0.478 e. The molecular formula is C28H18Br2Cl4N8O4S2. The Kier molecular flexibility index (Phi) is 12.2. The van der Waals surface area contributed by atoms with Crippen LogP contribution >= 0.6 is 78.3 Å². The van der Waals surface area contributed by atoms with E-state index >= 15 is 0 Å². The molecule has 6 rings (SSSR count). The van der Waals surface area contributed by atoms with Crippen LogP contribution in [-0.2, 0) is 22.0 Å². The molecular weight excluding hydrogens is 878 g/mol. The number of methoxy groups -OCH3 is 2. The summed E-state index contributed by atoms with van der Waals surface area (Å²) in [7, 11) is -0.513. The number of fused-ring (bicyclic) bond motifs is 2. The first-order chi connectivity index (χ1) is 23.0. The first kappa shape index (κ1) is 36.3. The molecule has 0 amide bonds. The molecule has 20 heteroatoms. The van der Waals surface area contributed by atoms with Gasteiger partial charge in [-0.05, 0) is 68.3 Å². The highest BCUT2D eigenvalue weighted by Crippen LogP contribution is 2.32. The van der Waals surface area contributed by atoms with Gasteiger partial charge < -0.3 is 9.47 Å². The lowest BCUT2D eigenvalue weighted by molar-refractivity contribution is 0.400. The zero-order valence-electron chi connectivity index (χ0n) is 24.2. The summed E-state index contributed by atoms with van der Waals surface area (Å²) in [5.74, 6) is 0.756. The summed E-state index contributed by atoms with van der Waals surface area (Å²) in [4.78, 5) is 26.2. The molecule has 0 aliphatic rings. The summed E-state index contributed by atoms with van der Waals surface area (Å²) in [5, 5.41) is 1.04. The Labute approximate surface area is 314 Å². The topological polar surface area (TPSA) is 154 Å². The van der Waals surface area contributed by atoms with Crippen LogP contribution < -0.4 is 18.9 Å². The van der Waals surface area contributed by atoms with Gasteiger partial charge in [0, 0.05) is 21.3 Å². The molecule has 2 aromatic carbocycles. The molecule has 0 saturated heterocycles. The molecule has 4 heterocycles. The highest BCUT2D eigenvalue weighted by molar-refractivity contribution is 9.10. The molecule has 0 spiro atoms. The van der Waals surface area contributed by atoms with Gasteiger partial charge in [-0.3, -0.25) is 9.44 Å². The van der Waals surface area contributed by atoms with Crippen LogP contribution in [0.5, 0.6) is 11.8 Å². The molecule has 12 nitrogen and oxygen atoms in total. The Morgan fingerprint density at radius 3 is 1.58 bits per heavy atom. The number of pyridine rings is 2. The Morgan fingerprint density at radius 1 is 0.646 bits per heavy atom. The van der Waals surface area contributed by atoms with Crippen LogP contribution in [0.4, 0.5) is 11.6 Å². The minimum absolute atomic E-state index is 0.170. The van der Waals surface area contributed by atoms with Crippen molar-refractivity contribution in [1.82, 2.24) is 29.9 Å². The maximum Gasteiger partial charge on any atom is 0.260 e. The van der Waals surface area contributed by atoms with Gasteiger partial charge in [0.15, 0.2) is 33.3 Å². The molecule has 248 valence electrons. The monoisotopic (exact) mass is 892 g/mol. The SMILES string of the molecule is COc1nc2cc(Br)cnc2nc1NS(=O)c1cccc(Cl)c1Cl.COc1nc2ncc(Br)cc2nc1NS(=O)c1cccc(Cl)c1Cl. The van der Waals surface area contributed by atoms with Gasteiger partial charge in [0.05, 0.1) is 44.1 Å². The summed E-state index contributed by atoms with van der Waals surface area (Å²) < 4.78 is 42.5. The van der Waals surface area contributed by atoms with E-state index in [-0.39, 0.29) is 33.4 Å². The summed E-state index contributed by atoms with van der Waals surface area (Å²) in [5.41, 5.74) is 1.85. The zero-order chi connectivity index (χ0) is 34.5. The quantitative estimate of drug-likeness (QED) is 0.152. The van der Waals surface area contributed by atoms with Gasteiger partial charge in [0.1, 0.15) is 11.0 Å². The number of aromatic nitrogens is 6. The van der Waals surface area contributed by atoms with Gasteiger partial charge in [0.25, 0.3) is 11.8 Å². The summed E-state index contributed by atoms with van der Waals surface area (Å²) >= 11 is 30.7. The zero-order valence-corrected chi connectivity index (χ0v) is 32.0. The molecule has 2 atom stereocenters. The Balaban J connectivity index is 0.000000188. The van der Waals surface area contributed by atoms with Crippen molar-refractivity contribution >= 4 is 134 Å². The van der Waals surface area contributed by atoms with Crippen molar-refractivity contribution in [3.8, 4) is 11.8 Å². The van der Waals surface area contributed by atoms with Crippen molar-refractivity contribution < 1.29 is 17.9 Å². The van der Waals surface area contributed by atoms with Crippen molar-refractivity contribution in [3.05, 3.63) is 90.0 Å². The average molecular weight is 896 g/mol. The number of halogens is 6. The van der Waals surface area contributed by atoms with E-state index in [2.05, 4.69) is 71.2 Å². The largest absolute Gasteiger partial charge is 0.478 e. The van der Waals surface area contributed by atoms with Crippen LogP contribution in [-0.4, -0.2) is 52.5 Å². The third kappa shape index (κ3) is 8.42. The molecule has 0 aliphatic carbocycles. The summed E-state index contributed by atoms with van der Waals surface area (Å²) in [6.45, 7) is 0. The Bertz CT molecular complexity index is 2220. The standard InChI is InChI=1S/2C14H9BrCl2N4O2S/c1-23-14-13(20-12-9(19-14)5-7(15)6-18-12)21-24(22)10-4-2-3-8(16)11(10)17;1-23-14-13(19-9-5-7(15)6-18-12(9)20-14)21-24(22)10-4-2-3-8(16)11(10)17/h2-6H,1H3,(H,18,20,21);2-6H,1H3,(H,19,21). The summed E-state index contributed by atoms with van der Waals surface area (Å²) in [6.07, 6.45) is 3.20. The van der Waals surface area contributed by atoms with E-state index in [0.717, 1.165) is 8.95 Å². The smallest absolute Gasteiger partial charge is 0.260 e. The van der Waals surface area contributed by atoms with E-state index in [0.29, 0.717) is 42.2 Å². The average Bonchev–Trinajstić information content (AvgIpc) is 3.06. The van der Waals surface area contributed by atoms with Gasteiger partial charge in [-0.15, -0.1) is 0 Å². The van der Waals surface area contributed by atoms with Gasteiger partial charge in [0.2, 0.25) is 11.6 Å². The third-order valence-electron chi connectivity index (χ3n) is 5.91. The molecule has 48 heavy (non-hydrogen) atoms. The van der Waals surface area contributed by atoms with Crippen molar-refractivity contribution in [2.45, 2.75) is 9.79 Å². The van der Waals surface area contributed by atoms with E-state index in [9.17, 15) is 8.42 Å². The molecule has 0 radical (unpaired) electrons. The van der Waals surface area contributed by atoms with Crippen LogP contribution in [0, 0.1) is 0 Å². The fourth-order valence-corrected chi connectivity index (χ4v) is 7.33. The predicted molar refractivity (Wildman–Crippen MR) is 196 cm³/mol. The molecule has 0 aliphatic heterocycles. The lowest BCUT2D eigenvalue weighted by Crippen LogP contribution is -2.09.